The Kier molecular flexibility index (Phi) is 3.75. The number of fused-ring (bicyclic) bond motifs is 1. The minimum atomic E-state index is -4.07. The molecule has 5 nitrogen and oxygen atoms in total. The molecule has 3 aromatic rings. The van der Waals surface area contributed by atoms with Gasteiger partial charge in [-0.2, -0.15) is 17.2 Å². The molecule has 0 aliphatic heterocycles. The molecule has 0 aliphatic rings. The Morgan fingerprint density at radius 3 is 2.67 bits per heavy atom. The minimum absolute atomic E-state index is 0.00117. The molecule has 0 aliphatic carbocycles. The Morgan fingerprint density at radius 2 is 1.90 bits per heavy atom. The molecule has 1 heterocycles. The number of halogens is 2. The van der Waals surface area contributed by atoms with Gasteiger partial charge in [-0.15, -0.1) is 0 Å². The van der Waals surface area contributed by atoms with E-state index in [0.29, 0.717) is 10.5 Å². The van der Waals surface area contributed by atoms with Crippen molar-refractivity contribution in [2.75, 3.05) is 0 Å². The van der Waals surface area contributed by atoms with Crippen LogP contribution in [0.4, 0.5) is 0 Å². The Balaban J connectivity index is 2.06. The summed E-state index contributed by atoms with van der Waals surface area (Å²) in [6.45, 7) is 0. The summed E-state index contributed by atoms with van der Waals surface area (Å²) in [7, 11) is -4.07. The fourth-order valence-corrected chi connectivity index (χ4v) is 3.89. The standard InChI is InChI=1S/C12H6Cl2N2O3S2/c13-7-4-5-10(8(14)6-7)19-21(17,18)11-3-1-2-9-12(11)16-20-15-9/h1-6H. The van der Waals surface area contributed by atoms with Gasteiger partial charge in [0.05, 0.1) is 16.8 Å². The molecule has 2 aromatic carbocycles. The fourth-order valence-electron chi connectivity index (χ4n) is 1.69. The molecule has 21 heavy (non-hydrogen) atoms. The van der Waals surface area contributed by atoms with Crippen LogP contribution in [0.3, 0.4) is 0 Å². The smallest absolute Gasteiger partial charge is 0.341 e. The van der Waals surface area contributed by atoms with Crippen LogP contribution >= 0.6 is 34.9 Å². The van der Waals surface area contributed by atoms with E-state index in [4.69, 9.17) is 27.4 Å². The molecule has 0 radical (unpaired) electrons. The summed E-state index contributed by atoms with van der Waals surface area (Å²) in [6, 6.07) is 8.93. The molecule has 1 aromatic heterocycles. The van der Waals surface area contributed by atoms with Crippen molar-refractivity contribution in [1.82, 2.24) is 8.75 Å². The highest BCUT2D eigenvalue weighted by Crippen LogP contribution is 2.31. The lowest BCUT2D eigenvalue weighted by molar-refractivity contribution is 0.487. The Labute approximate surface area is 134 Å². The molecule has 108 valence electrons. The first-order valence-electron chi connectivity index (χ1n) is 5.58. The average Bonchev–Trinajstić information content (AvgIpc) is 2.90. The van der Waals surface area contributed by atoms with Crippen molar-refractivity contribution in [2.45, 2.75) is 4.90 Å². The third-order valence-electron chi connectivity index (χ3n) is 2.61. The molecule has 0 spiro atoms. The summed E-state index contributed by atoms with van der Waals surface area (Å²) in [5.74, 6) is 0.00117. The van der Waals surface area contributed by atoms with Crippen LogP contribution in [0.15, 0.2) is 41.3 Å². The highest BCUT2D eigenvalue weighted by atomic mass is 35.5. The van der Waals surface area contributed by atoms with E-state index in [1.54, 1.807) is 12.1 Å². The van der Waals surface area contributed by atoms with Crippen LogP contribution in [0.25, 0.3) is 11.0 Å². The fraction of sp³-hybridized carbons (Fsp3) is 0. The number of benzene rings is 2. The van der Waals surface area contributed by atoms with Gasteiger partial charge in [-0.25, -0.2) is 0 Å². The number of aromatic nitrogens is 2. The van der Waals surface area contributed by atoms with E-state index in [1.165, 1.54) is 24.3 Å². The number of rotatable bonds is 3. The lowest BCUT2D eigenvalue weighted by Gasteiger charge is -2.08. The van der Waals surface area contributed by atoms with Crippen molar-refractivity contribution in [1.29, 1.82) is 0 Å². The number of nitrogens with zero attached hydrogens (tertiary/aromatic N) is 2. The van der Waals surface area contributed by atoms with Gasteiger partial charge >= 0.3 is 10.1 Å². The molecule has 0 amide bonds. The Hall–Kier alpha value is -1.41. The lowest BCUT2D eigenvalue weighted by Crippen LogP contribution is -2.10. The van der Waals surface area contributed by atoms with Crippen molar-refractivity contribution < 1.29 is 12.6 Å². The maximum absolute atomic E-state index is 12.4. The first-order chi connectivity index (χ1) is 9.97. The summed E-state index contributed by atoms with van der Waals surface area (Å²) in [4.78, 5) is -0.0558. The molecule has 0 unspecified atom stereocenters. The van der Waals surface area contributed by atoms with Crippen molar-refractivity contribution in [3.63, 3.8) is 0 Å². The quantitative estimate of drug-likeness (QED) is 0.665. The second-order valence-corrected chi connectivity index (χ2v) is 6.89. The number of hydrogen-bond acceptors (Lipinski definition) is 6. The summed E-state index contributed by atoms with van der Waals surface area (Å²) in [5.41, 5.74) is 0.763. The number of hydrogen-bond donors (Lipinski definition) is 0. The largest absolute Gasteiger partial charge is 0.377 e. The maximum Gasteiger partial charge on any atom is 0.341 e. The van der Waals surface area contributed by atoms with Crippen LogP contribution in [0.2, 0.25) is 10.0 Å². The second-order valence-electron chi connectivity index (χ2n) is 4.00. The predicted molar refractivity (Wildman–Crippen MR) is 81.7 cm³/mol. The molecule has 3 rings (SSSR count). The first-order valence-corrected chi connectivity index (χ1v) is 8.48. The van der Waals surface area contributed by atoms with E-state index in [1.807, 2.05) is 0 Å². The van der Waals surface area contributed by atoms with Gasteiger partial charge in [0.2, 0.25) is 0 Å². The molecular weight excluding hydrogens is 355 g/mol. The molecule has 0 saturated carbocycles. The van der Waals surface area contributed by atoms with Crippen molar-refractivity contribution in [3.05, 3.63) is 46.4 Å². The van der Waals surface area contributed by atoms with E-state index in [-0.39, 0.29) is 21.2 Å². The molecule has 0 N–H and O–H groups in total. The van der Waals surface area contributed by atoms with Crippen LogP contribution in [0.5, 0.6) is 5.75 Å². The van der Waals surface area contributed by atoms with Crippen LogP contribution < -0.4 is 4.18 Å². The molecule has 0 fully saturated rings. The SMILES string of the molecule is O=S(=O)(Oc1ccc(Cl)cc1Cl)c1cccc2nsnc12. The lowest BCUT2D eigenvalue weighted by atomic mass is 10.3. The Morgan fingerprint density at radius 1 is 1.10 bits per heavy atom. The normalized spacial score (nSPS) is 11.7. The van der Waals surface area contributed by atoms with Crippen LogP contribution in [0.1, 0.15) is 0 Å². The third-order valence-corrected chi connectivity index (χ3v) is 4.95. The third kappa shape index (κ3) is 2.82. The molecule has 0 atom stereocenters. The monoisotopic (exact) mass is 360 g/mol. The van der Waals surface area contributed by atoms with E-state index >= 15 is 0 Å². The molecule has 0 saturated heterocycles. The topological polar surface area (TPSA) is 69.2 Å². The highest BCUT2D eigenvalue weighted by molar-refractivity contribution is 7.87. The summed E-state index contributed by atoms with van der Waals surface area (Å²) >= 11 is 12.6. The summed E-state index contributed by atoms with van der Waals surface area (Å²) < 4.78 is 37.8. The van der Waals surface area contributed by atoms with Gasteiger partial charge < -0.3 is 4.18 Å². The zero-order valence-corrected chi connectivity index (χ0v) is 13.3. The molecule has 9 heteroatoms. The van der Waals surface area contributed by atoms with E-state index < -0.39 is 10.1 Å². The first kappa shape index (κ1) is 14.5. The van der Waals surface area contributed by atoms with Gasteiger partial charge in [-0.3, -0.25) is 0 Å². The van der Waals surface area contributed by atoms with Crippen LogP contribution in [0, 0.1) is 0 Å². The zero-order valence-electron chi connectivity index (χ0n) is 10.2. The van der Waals surface area contributed by atoms with Crippen molar-refractivity contribution >= 4 is 56.1 Å². The van der Waals surface area contributed by atoms with Crippen LogP contribution in [-0.4, -0.2) is 17.2 Å². The van der Waals surface area contributed by atoms with Gasteiger partial charge in [0.25, 0.3) is 0 Å². The van der Waals surface area contributed by atoms with E-state index in [9.17, 15) is 8.42 Å². The zero-order chi connectivity index (χ0) is 15.0. The van der Waals surface area contributed by atoms with E-state index in [0.717, 1.165) is 11.7 Å². The second kappa shape index (κ2) is 5.42. The van der Waals surface area contributed by atoms with Gasteiger partial charge in [-0.1, -0.05) is 29.3 Å². The summed E-state index contributed by atoms with van der Waals surface area (Å²) in [5, 5.41) is 0.491. The molecule has 0 bridgehead atoms. The van der Waals surface area contributed by atoms with Crippen molar-refractivity contribution in [3.8, 4) is 5.75 Å². The summed E-state index contributed by atoms with van der Waals surface area (Å²) in [6.07, 6.45) is 0. The van der Waals surface area contributed by atoms with Gasteiger partial charge in [-0.05, 0) is 30.3 Å². The van der Waals surface area contributed by atoms with E-state index in [2.05, 4.69) is 8.75 Å². The van der Waals surface area contributed by atoms with Gasteiger partial charge in [0, 0.05) is 5.02 Å². The van der Waals surface area contributed by atoms with Crippen LogP contribution in [-0.2, 0) is 10.1 Å². The minimum Gasteiger partial charge on any atom is -0.377 e. The van der Waals surface area contributed by atoms with Gasteiger partial charge in [0.1, 0.15) is 15.9 Å². The average molecular weight is 361 g/mol. The van der Waals surface area contributed by atoms with Crippen molar-refractivity contribution in [2.24, 2.45) is 0 Å². The highest BCUT2D eigenvalue weighted by Gasteiger charge is 2.22. The predicted octanol–water partition coefficient (Wildman–Crippen LogP) is 3.77. The maximum atomic E-state index is 12.4. The molecular formula is C12H6Cl2N2O3S2. The van der Waals surface area contributed by atoms with Gasteiger partial charge in [0.15, 0.2) is 5.75 Å². The Bertz CT molecular complexity index is 925.